The van der Waals surface area contributed by atoms with Crippen molar-refractivity contribution in [2.24, 2.45) is 0 Å². The quantitative estimate of drug-likeness (QED) is 0.780. The number of allylic oxidation sites excluding steroid dienone is 2. The second-order valence-corrected chi connectivity index (χ2v) is 5.04. The van der Waals surface area contributed by atoms with Gasteiger partial charge >= 0.3 is 5.97 Å². The second kappa shape index (κ2) is 4.48. The maximum absolute atomic E-state index is 12.3. The van der Waals surface area contributed by atoms with Gasteiger partial charge in [-0.3, -0.25) is 4.79 Å². The van der Waals surface area contributed by atoms with Crippen molar-refractivity contribution in [3.8, 4) is 11.5 Å². The lowest BCUT2D eigenvalue weighted by Gasteiger charge is -2.36. The maximum Gasteiger partial charge on any atom is 0.343 e. The first kappa shape index (κ1) is 13.4. The number of methoxy groups -OCH3 is 2. The summed E-state index contributed by atoms with van der Waals surface area (Å²) in [5.74, 6) is 0.279. The van der Waals surface area contributed by atoms with Crippen LogP contribution < -0.4 is 9.47 Å². The maximum atomic E-state index is 12.3. The van der Waals surface area contributed by atoms with Crippen LogP contribution in [0.5, 0.6) is 11.5 Å². The van der Waals surface area contributed by atoms with E-state index in [-0.39, 0.29) is 5.78 Å². The number of fused-ring (bicyclic) bond motifs is 3. The van der Waals surface area contributed by atoms with Crippen LogP contribution in [0.4, 0.5) is 0 Å². The number of carbonyl (C=O) groups is 2. The number of benzene rings is 1. The highest BCUT2D eigenvalue weighted by Crippen LogP contribution is 2.45. The highest BCUT2D eigenvalue weighted by atomic mass is 16.6. The molecule has 0 spiro atoms. The average molecular weight is 286 g/mol. The molecule has 1 aromatic rings. The summed E-state index contributed by atoms with van der Waals surface area (Å²) in [6.07, 6.45) is 4.47. The first-order valence-corrected chi connectivity index (χ1v) is 6.43. The first-order chi connectivity index (χ1) is 9.98. The lowest BCUT2D eigenvalue weighted by Crippen LogP contribution is -2.38. The van der Waals surface area contributed by atoms with Gasteiger partial charge in [0.25, 0.3) is 0 Å². The van der Waals surface area contributed by atoms with Gasteiger partial charge in [0.1, 0.15) is 17.1 Å². The molecule has 0 N–H and O–H groups in total. The number of hydrogen-bond donors (Lipinski definition) is 0. The van der Waals surface area contributed by atoms with E-state index >= 15 is 0 Å². The molecular weight excluding hydrogens is 272 g/mol. The third kappa shape index (κ3) is 1.93. The van der Waals surface area contributed by atoms with E-state index < -0.39 is 11.6 Å². The Hall–Kier alpha value is -2.56. The van der Waals surface area contributed by atoms with Gasteiger partial charge in [-0.2, -0.15) is 0 Å². The molecule has 0 aromatic heterocycles. The Morgan fingerprint density at radius 1 is 1.14 bits per heavy atom. The van der Waals surface area contributed by atoms with Crippen molar-refractivity contribution in [1.29, 1.82) is 0 Å². The van der Waals surface area contributed by atoms with Gasteiger partial charge in [0.15, 0.2) is 11.4 Å². The molecule has 0 amide bonds. The third-order valence-electron chi connectivity index (χ3n) is 3.72. The fourth-order valence-electron chi connectivity index (χ4n) is 2.63. The topological polar surface area (TPSA) is 61.8 Å². The van der Waals surface area contributed by atoms with Crippen molar-refractivity contribution in [1.82, 2.24) is 0 Å². The van der Waals surface area contributed by atoms with Crippen molar-refractivity contribution in [3.63, 3.8) is 0 Å². The van der Waals surface area contributed by atoms with E-state index in [1.807, 2.05) is 0 Å². The number of hydrogen-bond acceptors (Lipinski definition) is 5. The summed E-state index contributed by atoms with van der Waals surface area (Å²) >= 11 is 0. The molecule has 108 valence electrons. The highest BCUT2D eigenvalue weighted by Gasteiger charge is 2.42. The summed E-state index contributed by atoms with van der Waals surface area (Å²) < 4.78 is 16.0. The fraction of sp³-hybridized carbons (Fsp3) is 0.250. The van der Waals surface area contributed by atoms with E-state index in [0.717, 1.165) is 0 Å². The molecule has 3 rings (SSSR count). The van der Waals surface area contributed by atoms with Gasteiger partial charge in [-0.15, -0.1) is 0 Å². The summed E-state index contributed by atoms with van der Waals surface area (Å²) in [6, 6.07) is 3.33. The summed E-state index contributed by atoms with van der Waals surface area (Å²) in [5, 5.41) is 0. The minimum atomic E-state index is -0.949. The predicted molar refractivity (Wildman–Crippen MR) is 75.5 cm³/mol. The Morgan fingerprint density at radius 3 is 2.57 bits per heavy atom. The van der Waals surface area contributed by atoms with E-state index in [4.69, 9.17) is 14.2 Å². The van der Waals surface area contributed by atoms with Gasteiger partial charge in [0.2, 0.25) is 0 Å². The molecule has 1 aliphatic carbocycles. The number of ether oxygens (including phenoxy) is 3. The minimum Gasteiger partial charge on any atom is -0.497 e. The van der Waals surface area contributed by atoms with Crippen LogP contribution in [-0.4, -0.2) is 31.6 Å². The van der Waals surface area contributed by atoms with Crippen LogP contribution in [0.15, 0.2) is 30.4 Å². The van der Waals surface area contributed by atoms with E-state index in [0.29, 0.717) is 28.2 Å². The summed E-state index contributed by atoms with van der Waals surface area (Å²) in [7, 11) is 3.00. The van der Waals surface area contributed by atoms with Crippen molar-refractivity contribution >= 4 is 17.3 Å². The number of rotatable bonds is 2. The Morgan fingerprint density at radius 2 is 1.90 bits per heavy atom. The van der Waals surface area contributed by atoms with E-state index in [1.54, 1.807) is 25.1 Å². The van der Waals surface area contributed by atoms with Crippen LogP contribution in [0.1, 0.15) is 22.8 Å². The second-order valence-electron chi connectivity index (χ2n) is 5.04. The van der Waals surface area contributed by atoms with Crippen LogP contribution >= 0.6 is 0 Å². The largest absolute Gasteiger partial charge is 0.497 e. The molecule has 21 heavy (non-hydrogen) atoms. The molecule has 5 heteroatoms. The molecule has 0 radical (unpaired) electrons. The van der Waals surface area contributed by atoms with Crippen LogP contribution in [0.3, 0.4) is 0 Å². The van der Waals surface area contributed by atoms with Crippen LogP contribution in [0, 0.1) is 0 Å². The summed E-state index contributed by atoms with van der Waals surface area (Å²) in [4.78, 5) is 24.0. The normalized spacial score (nSPS) is 22.9. The third-order valence-corrected chi connectivity index (χ3v) is 3.72. The smallest absolute Gasteiger partial charge is 0.343 e. The van der Waals surface area contributed by atoms with Crippen LogP contribution in [0.25, 0.3) is 5.57 Å². The molecule has 5 nitrogen and oxygen atoms in total. The highest BCUT2D eigenvalue weighted by molar-refractivity contribution is 6.12. The average Bonchev–Trinajstić information content (AvgIpc) is 2.47. The number of carbonyl (C=O) groups excluding carboxylic acids is 2. The molecule has 2 aliphatic rings. The van der Waals surface area contributed by atoms with Gasteiger partial charge in [-0.05, 0) is 31.2 Å². The molecule has 0 saturated heterocycles. The molecule has 0 fully saturated rings. The van der Waals surface area contributed by atoms with E-state index in [1.165, 1.54) is 26.4 Å². The fourth-order valence-corrected chi connectivity index (χ4v) is 2.63. The Balaban J connectivity index is 2.31. The SMILES string of the molecule is COc1cc(OC)c2c(c1)C1=CC(=O)C=CC1(C)OC2=O. The Bertz CT molecular complexity index is 714. The van der Waals surface area contributed by atoms with Gasteiger partial charge < -0.3 is 14.2 Å². The van der Waals surface area contributed by atoms with E-state index in [2.05, 4.69) is 0 Å². The molecular formula is C16H14O5. The molecule has 0 saturated carbocycles. The predicted octanol–water partition coefficient (Wildman–Crippen LogP) is 2.16. The number of ketones is 1. The van der Waals surface area contributed by atoms with Crippen molar-refractivity contribution < 1.29 is 23.8 Å². The zero-order valence-corrected chi connectivity index (χ0v) is 11.9. The van der Waals surface area contributed by atoms with Gasteiger partial charge in [-0.1, -0.05) is 0 Å². The zero-order valence-electron chi connectivity index (χ0n) is 11.9. The van der Waals surface area contributed by atoms with E-state index in [9.17, 15) is 9.59 Å². The van der Waals surface area contributed by atoms with Crippen molar-refractivity contribution in [3.05, 3.63) is 41.5 Å². The zero-order chi connectivity index (χ0) is 15.2. The Labute approximate surface area is 121 Å². The summed E-state index contributed by atoms with van der Waals surface area (Å²) in [6.45, 7) is 1.74. The number of esters is 1. The lowest BCUT2D eigenvalue weighted by molar-refractivity contribution is -0.110. The van der Waals surface area contributed by atoms with Gasteiger partial charge in [0.05, 0.1) is 14.2 Å². The van der Waals surface area contributed by atoms with Crippen LogP contribution in [-0.2, 0) is 9.53 Å². The first-order valence-electron chi connectivity index (χ1n) is 6.43. The van der Waals surface area contributed by atoms with Gasteiger partial charge in [0, 0.05) is 17.2 Å². The molecule has 1 aromatic carbocycles. The molecule has 1 aliphatic heterocycles. The molecule has 1 heterocycles. The lowest BCUT2D eigenvalue weighted by atomic mass is 9.80. The minimum absolute atomic E-state index is 0.145. The van der Waals surface area contributed by atoms with Crippen LogP contribution in [0.2, 0.25) is 0 Å². The standard InChI is InChI=1S/C16H14O5/c1-16-5-4-9(17)6-12(16)11-7-10(19-2)8-13(20-3)14(11)15(18)21-16/h4-8H,1-3H3. The molecule has 0 bridgehead atoms. The summed E-state index contributed by atoms with van der Waals surface area (Å²) in [5.41, 5.74) is 0.588. The Kier molecular flexibility index (Phi) is 2.86. The molecule has 1 unspecified atom stereocenters. The monoisotopic (exact) mass is 286 g/mol. The van der Waals surface area contributed by atoms with Gasteiger partial charge in [-0.25, -0.2) is 4.79 Å². The van der Waals surface area contributed by atoms with Crippen molar-refractivity contribution in [2.75, 3.05) is 14.2 Å². The molecule has 1 atom stereocenters. The van der Waals surface area contributed by atoms with Crippen molar-refractivity contribution in [2.45, 2.75) is 12.5 Å².